The second-order valence-corrected chi connectivity index (χ2v) is 6.88. The topological polar surface area (TPSA) is 43.6 Å². The van der Waals surface area contributed by atoms with E-state index < -0.39 is 0 Å². The van der Waals surface area contributed by atoms with Gasteiger partial charge in [-0.15, -0.1) is 0 Å². The van der Waals surface area contributed by atoms with E-state index in [1.807, 2.05) is 18.5 Å². The number of rotatable bonds is 2. The highest BCUT2D eigenvalue weighted by Gasteiger charge is 2.20. The summed E-state index contributed by atoms with van der Waals surface area (Å²) in [6.45, 7) is 0. The maximum atomic E-state index is 5.05. The minimum atomic E-state index is 0.487. The summed E-state index contributed by atoms with van der Waals surface area (Å²) < 4.78 is 2.17. The molecule has 0 unspecified atom stereocenters. The lowest BCUT2D eigenvalue weighted by molar-refractivity contribution is 0.429. The Labute approximate surface area is 146 Å². The van der Waals surface area contributed by atoms with E-state index in [9.17, 15) is 0 Å². The predicted octanol–water partition coefficient (Wildman–Crippen LogP) is 5.02. The number of fused-ring (bicyclic) bond motifs is 2. The maximum Gasteiger partial charge on any atom is 0.148 e. The molecule has 3 heterocycles. The minimum Gasteiger partial charge on any atom is -0.300 e. The Morgan fingerprint density at radius 2 is 1.80 bits per heavy atom. The molecule has 0 N–H and O–H groups in total. The molecule has 0 amide bonds. The minimum absolute atomic E-state index is 0.487. The Hall–Kier alpha value is -2.75. The van der Waals surface area contributed by atoms with E-state index in [-0.39, 0.29) is 0 Å². The number of benzene rings is 1. The summed E-state index contributed by atoms with van der Waals surface area (Å²) in [6.07, 6.45) is 12.1. The van der Waals surface area contributed by atoms with Crippen molar-refractivity contribution < 1.29 is 0 Å². The number of para-hydroxylation sites is 1. The fourth-order valence-corrected chi connectivity index (χ4v) is 3.97. The largest absolute Gasteiger partial charge is 0.300 e. The molecule has 4 heteroatoms. The van der Waals surface area contributed by atoms with Gasteiger partial charge in [0.1, 0.15) is 11.6 Å². The van der Waals surface area contributed by atoms with Crippen molar-refractivity contribution in [3.05, 3.63) is 60.8 Å². The molecule has 3 aromatic heterocycles. The van der Waals surface area contributed by atoms with Crippen LogP contribution in [0.4, 0.5) is 0 Å². The molecule has 0 saturated heterocycles. The smallest absolute Gasteiger partial charge is 0.148 e. The third-order valence-corrected chi connectivity index (χ3v) is 5.29. The second kappa shape index (κ2) is 5.96. The van der Waals surface area contributed by atoms with E-state index in [0.717, 1.165) is 33.4 Å². The quantitative estimate of drug-likeness (QED) is 0.519. The zero-order valence-electron chi connectivity index (χ0n) is 14.1. The molecular weight excluding hydrogens is 308 g/mol. The number of pyridine rings is 1. The molecule has 0 aliphatic heterocycles. The molecule has 1 aliphatic carbocycles. The summed E-state index contributed by atoms with van der Waals surface area (Å²) in [5.74, 6) is 2.47. The van der Waals surface area contributed by atoms with Gasteiger partial charge >= 0.3 is 0 Å². The van der Waals surface area contributed by atoms with Crippen molar-refractivity contribution in [2.45, 2.75) is 38.0 Å². The molecule has 124 valence electrons. The third-order valence-electron chi connectivity index (χ3n) is 5.29. The van der Waals surface area contributed by atoms with Crippen LogP contribution in [0.5, 0.6) is 0 Å². The van der Waals surface area contributed by atoms with Crippen molar-refractivity contribution in [3.63, 3.8) is 0 Å². The first-order chi connectivity index (χ1) is 12.4. The summed E-state index contributed by atoms with van der Waals surface area (Å²) >= 11 is 0. The van der Waals surface area contributed by atoms with E-state index in [2.05, 4.69) is 46.1 Å². The summed E-state index contributed by atoms with van der Waals surface area (Å²) in [5.41, 5.74) is 2.16. The number of hydrogen-bond acceptors (Lipinski definition) is 3. The summed E-state index contributed by atoms with van der Waals surface area (Å²) in [6, 6.07) is 12.5. The Morgan fingerprint density at radius 3 is 2.72 bits per heavy atom. The van der Waals surface area contributed by atoms with E-state index in [1.54, 1.807) is 0 Å². The molecule has 1 saturated carbocycles. The SMILES string of the molecule is c1ccc2c(-n3ccc4cnccc43)nc(C3CCCCC3)nc2c1. The van der Waals surface area contributed by atoms with Crippen LogP contribution in [0.2, 0.25) is 0 Å². The van der Waals surface area contributed by atoms with Crippen LogP contribution in [0.15, 0.2) is 55.0 Å². The highest BCUT2D eigenvalue weighted by atomic mass is 15.1. The van der Waals surface area contributed by atoms with Crippen LogP contribution in [-0.4, -0.2) is 19.5 Å². The molecule has 0 radical (unpaired) electrons. The fourth-order valence-electron chi connectivity index (χ4n) is 3.97. The van der Waals surface area contributed by atoms with Crippen LogP contribution in [0.25, 0.3) is 27.6 Å². The van der Waals surface area contributed by atoms with E-state index in [0.29, 0.717) is 5.92 Å². The average molecular weight is 328 g/mol. The van der Waals surface area contributed by atoms with Gasteiger partial charge in [-0.1, -0.05) is 31.4 Å². The van der Waals surface area contributed by atoms with Crippen molar-refractivity contribution in [1.29, 1.82) is 0 Å². The normalized spacial score (nSPS) is 15.8. The first-order valence-corrected chi connectivity index (χ1v) is 9.08. The van der Waals surface area contributed by atoms with Gasteiger partial charge in [0.05, 0.1) is 11.0 Å². The second-order valence-electron chi connectivity index (χ2n) is 6.88. The van der Waals surface area contributed by atoms with Gasteiger partial charge in [-0.3, -0.25) is 4.98 Å². The van der Waals surface area contributed by atoms with E-state index in [4.69, 9.17) is 9.97 Å². The van der Waals surface area contributed by atoms with Crippen LogP contribution in [-0.2, 0) is 0 Å². The van der Waals surface area contributed by atoms with Crippen molar-refractivity contribution in [2.75, 3.05) is 0 Å². The van der Waals surface area contributed by atoms with Crippen molar-refractivity contribution in [2.24, 2.45) is 0 Å². The first-order valence-electron chi connectivity index (χ1n) is 9.08. The van der Waals surface area contributed by atoms with Crippen molar-refractivity contribution in [1.82, 2.24) is 19.5 Å². The van der Waals surface area contributed by atoms with Crippen molar-refractivity contribution in [3.8, 4) is 5.82 Å². The zero-order chi connectivity index (χ0) is 16.6. The summed E-state index contributed by atoms with van der Waals surface area (Å²) in [4.78, 5) is 14.2. The summed E-state index contributed by atoms with van der Waals surface area (Å²) in [7, 11) is 0. The lowest BCUT2D eigenvalue weighted by atomic mass is 9.88. The van der Waals surface area contributed by atoms with Crippen LogP contribution in [0.3, 0.4) is 0 Å². The van der Waals surface area contributed by atoms with Crippen molar-refractivity contribution >= 4 is 21.8 Å². The Morgan fingerprint density at radius 1 is 0.920 bits per heavy atom. The number of nitrogens with zero attached hydrogens (tertiary/aromatic N) is 4. The van der Waals surface area contributed by atoms with Crippen LogP contribution >= 0.6 is 0 Å². The highest BCUT2D eigenvalue weighted by Crippen LogP contribution is 2.33. The Bertz CT molecular complexity index is 1040. The van der Waals surface area contributed by atoms with E-state index >= 15 is 0 Å². The molecule has 0 bridgehead atoms. The molecule has 1 aliphatic rings. The van der Waals surface area contributed by atoms with Crippen LogP contribution in [0.1, 0.15) is 43.8 Å². The molecule has 4 aromatic rings. The van der Waals surface area contributed by atoms with Gasteiger partial charge in [0, 0.05) is 35.3 Å². The summed E-state index contributed by atoms with van der Waals surface area (Å²) in [5, 5.41) is 2.22. The first kappa shape index (κ1) is 14.6. The molecule has 0 spiro atoms. The maximum absolute atomic E-state index is 5.05. The Kier molecular flexibility index (Phi) is 3.47. The number of aromatic nitrogens is 4. The number of hydrogen-bond donors (Lipinski definition) is 0. The molecule has 25 heavy (non-hydrogen) atoms. The standard InChI is InChI=1S/C21H20N4/c1-2-6-15(7-3-1)20-23-18-9-5-4-8-17(18)21(24-20)25-13-11-16-14-22-12-10-19(16)25/h4-5,8-15H,1-3,6-7H2. The lowest BCUT2D eigenvalue weighted by Gasteiger charge is -2.21. The van der Waals surface area contributed by atoms with Crippen LogP contribution < -0.4 is 0 Å². The molecule has 0 atom stereocenters. The van der Waals surface area contributed by atoms with Gasteiger partial charge < -0.3 is 4.57 Å². The van der Waals surface area contributed by atoms with Gasteiger partial charge in [-0.05, 0) is 37.1 Å². The molecule has 1 fully saturated rings. The predicted molar refractivity (Wildman–Crippen MR) is 100.0 cm³/mol. The monoisotopic (exact) mass is 328 g/mol. The Balaban J connectivity index is 1.75. The molecular formula is C21H20N4. The van der Waals surface area contributed by atoms with Gasteiger partial charge in [0.15, 0.2) is 0 Å². The van der Waals surface area contributed by atoms with Crippen LogP contribution in [0, 0.1) is 0 Å². The average Bonchev–Trinajstić information content (AvgIpc) is 3.12. The van der Waals surface area contributed by atoms with Gasteiger partial charge in [0.25, 0.3) is 0 Å². The molecule has 4 nitrogen and oxygen atoms in total. The van der Waals surface area contributed by atoms with Gasteiger partial charge in [0.2, 0.25) is 0 Å². The zero-order valence-corrected chi connectivity index (χ0v) is 14.1. The van der Waals surface area contributed by atoms with E-state index in [1.165, 1.54) is 32.1 Å². The lowest BCUT2D eigenvalue weighted by Crippen LogP contribution is -2.11. The molecule has 1 aromatic carbocycles. The van der Waals surface area contributed by atoms with Gasteiger partial charge in [-0.25, -0.2) is 9.97 Å². The fraction of sp³-hybridized carbons (Fsp3) is 0.286. The van der Waals surface area contributed by atoms with Gasteiger partial charge in [-0.2, -0.15) is 0 Å². The molecule has 5 rings (SSSR count). The third kappa shape index (κ3) is 2.49. The highest BCUT2D eigenvalue weighted by molar-refractivity contribution is 5.89.